The summed E-state index contributed by atoms with van der Waals surface area (Å²) < 4.78 is 2.40. The van der Waals surface area contributed by atoms with Crippen LogP contribution in [-0.2, 0) is 0 Å². The largest absolute Gasteiger partial charge is 0.309 e. The van der Waals surface area contributed by atoms with Gasteiger partial charge < -0.3 is 4.57 Å². The van der Waals surface area contributed by atoms with E-state index in [1.54, 1.807) is 0 Å². The first-order chi connectivity index (χ1) is 19.3. The first kappa shape index (κ1) is 20.9. The number of nitrogens with zero attached hydrogens (tertiary/aromatic N) is 1. The Morgan fingerprint density at radius 1 is 0.333 bits per heavy atom. The molecular formula is C38H23N. The van der Waals surface area contributed by atoms with E-state index in [1.165, 1.54) is 82.4 Å². The van der Waals surface area contributed by atoms with Crippen molar-refractivity contribution in [2.45, 2.75) is 0 Å². The molecule has 0 N–H and O–H groups in total. The third-order valence-electron chi connectivity index (χ3n) is 8.46. The van der Waals surface area contributed by atoms with Gasteiger partial charge in [-0.2, -0.15) is 0 Å². The van der Waals surface area contributed by atoms with Crippen LogP contribution in [-0.4, -0.2) is 4.57 Å². The highest BCUT2D eigenvalue weighted by atomic mass is 15.0. The van der Waals surface area contributed by atoms with Crippen LogP contribution in [0.1, 0.15) is 0 Å². The Morgan fingerprint density at radius 3 is 1.49 bits per heavy atom. The first-order valence-corrected chi connectivity index (χ1v) is 13.5. The van der Waals surface area contributed by atoms with Gasteiger partial charge in [-0.05, 0) is 110 Å². The minimum Gasteiger partial charge on any atom is -0.309 e. The minimum atomic E-state index is 1.20. The van der Waals surface area contributed by atoms with Crippen molar-refractivity contribution in [1.82, 2.24) is 4.57 Å². The van der Waals surface area contributed by atoms with Crippen LogP contribution < -0.4 is 0 Å². The van der Waals surface area contributed by atoms with E-state index in [4.69, 9.17) is 0 Å². The van der Waals surface area contributed by atoms with Gasteiger partial charge in [-0.3, -0.25) is 0 Å². The summed E-state index contributed by atoms with van der Waals surface area (Å²) in [4.78, 5) is 0. The molecule has 8 aromatic rings. The molecule has 1 nitrogen and oxygen atoms in total. The molecule has 0 fully saturated rings. The van der Waals surface area contributed by atoms with Gasteiger partial charge in [0, 0.05) is 16.5 Å². The molecule has 1 heterocycles. The third-order valence-corrected chi connectivity index (χ3v) is 8.46. The minimum absolute atomic E-state index is 1.20. The molecule has 0 bridgehead atoms. The van der Waals surface area contributed by atoms with Crippen LogP contribution in [0.15, 0.2) is 140 Å². The molecule has 39 heavy (non-hydrogen) atoms. The Bertz CT molecular complexity index is 2210. The Hall–Kier alpha value is -5.14. The van der Waals surface area contributed by atoms with Crippen LogP contribution >= 0.6 is 0 Å². The lowest BCUT2D eigenvalue weighted by Crippen LogP contribution is -2.00. The Labute approximate surface area is 226 Å². The molecule has 9 rings (SSSR count). The fourth-order valence-electron chi connectivity index (χ4n) is 6.56. The van der Waals surface area contributed by atoms with E-state index in [0.29, 0.717) is 0 Å². The molecule has 1 aliphatic carbocycles. The molecule has 0 radical (unpaired) electrons. The van der Waals surface area contributed by atoms with Gasteiger partial charge in [0.2, 0.25) is 0 Å². The molecule has 7 aromatic carbocycles. The van der Waals surface area contributed by atoms with Crippen LogP contribution in [0.5, 0.6) is 0 Å². The van der Waals surface area contributed by atoms with Crippen molar-refractivity contribution in [2.75, 3.05) is 0 Å². The fraction of sp³-hybridized carbons (Fsp3) is 0. The SMILES string of the molecule is c1ccc(-c2ccc3cc4c(cc3c2)-c2cc3cc(-n5c6ccccc6c6ccccc65)ccc3cc2-4)cc1. The molecule has 0 spiro atoms. The lowest BCUT2D eigenvalue weighted by molar-refractivity contribution is 1.19. The Morgan fingerprint density at radius 2 is 0.846 bits per heavy atom. The zero-order chi connectivity index (χ0) is 25.5. The van der Waals surface area contributed by atoms with E-state index in [0.717, 1.165) is 0 Å². The maximum atomic E-state index is 2.40. The second-order valence-corrected chi connectivity index (χ2v) is 10.6. The summed E-state index contributed by atoms with van der Waals surface area (Å²) in [6.45, 7) is 0. The molecule has 180 valence electrons. The summed E-state index contributed by atoms with van der Waals surface area (Å²) >= 11 is 0. The highest BCUT2D eigenvalue weighted by Crippen LogP contribution is 2.50. The van der Waals surface area contributed by atoms with Crippen LogP contribution in [0.3, 0.4) is 0 Å². The number of para-hydroxylation sites is 2. The molecule has 0 atom stereocenters. The van der Waals surface area contributed by atoms with Gasteiger partial charge in [0.25, 0.3) is 0 Å². The van der Waals surface area contributed by atoms with E-state index < -0.39 is 0 Å². The molecule has 1 heteroatoms. The van der Waals surface area contributed by atoms with E-state index in [1.807, 2.05) is 0 Å². The van der Waals surface area contributed by atoms with Crippen molar-refractivity contribution >= 4 is 43.4 Å². The molecule has 0 saturated heterocycles. The van der Waals surface area contributed by atoms with E-state index in [9.17, 15) is 0 Å². The maximum Gasteiger partial charge on any atom is 0.0541 e. The van der Waals surface area contributed by atoms with Crippen molar-refractivity contribution in [2.24, 2.45) is 0 Å². The quantitative estimate of drug-likeness (QED) is 0.226. The molecule has 0 saturated carbocycles. The summed E-state index contributed by atoms with van der Waals surface area (Å²) in [5, 5.41) is 7.73. The normalized spacial score (nSPS) is 12.1. The average Bonchev–Trinajstić information content (AvgIpc) is 3.34. The predicted molar refractivity (Wildman–Crippen MR) is 166 cm³/mol. The number of aromatic nitrogens is 1. The van der Waals surface area contributed by atoms with Gasteiger partial charge in [0.1, 0.15) is 0 Å². The molecule has 0 unspecified atom stereocenters. The lowest BCUT2D eigenvalue weighted by atomic mass is 9.77. The number of benzene rings is 7. The molecule has 1 aliphatic rings. The molecular weight excluding hydrogens is 470 g/mol. The highest BCUT2D eigenvalue weighted by Gasteiger charge is 2.24. The maximum absolute atomic E-state index is 2.40. The van der Waals surface area contributed by atoms with E-state index >= 15 is 0 Å². The number of rotatable bonds is 2. The lowest BCUT2D eigenvalue weighted by Gasteiger charge is -2.26. The van der Waals surface area contributed by atoms with Crippen molar-refractivity contribution in [3.05, 3.63) is 140 Å². The monoisotopic (exact) mass is 493 g/mol. The fourth-order valence-corrected chi connectivity index (χ4v) is 6.56. The summed E-state index contributed by atoms with van der Waals surface area (Å²) in [5.74, 6) is 0. The standard InChI is InChI=1S/C38H23N/c1-2-8-24(9-3-1)25-14-15-26-20-33-34-21-27-16-17-30(19-29(27)23-36(34)35(33)22-28(26)18-25)39-37-12-6-4-10-31(37)32-11-5-7-13-38(32)39/h1-23H. The van der Waals surface area contributed by atoms with Gasteiger partial charge in [-0.1, -0.05) is 84.9 Å². The second-order valence-electron chi connectivity index (χ2n) is 10.6. The van der Waals surface area contributed by atoms with Crippen LogP contribution in [0.4, 0.5) is 0 Å². The second kappa shape index (κ2) is 7.69. The average molecular weight is 494 g/mol. The number of hydrogen-bond donors (Lipinski definition) is 0. The Kier molecular flexibility index (Phi) is 4.11. The number of hydrogen-bond acceptors (Lipinski definition) is 0. The van der Waals surface area contributed by atoms with Crippen molar-refractivity contribution < 1.29 is 0 Å². The van der Waals surface area contributed by atoms with Gasteiger partial charge >= 0.3 is 0 Å². The summed E-state index contributed by atoms with van der Waals surface area (Å²) in [6, 6.07) is 51.3. The van der Waals surface area contributed by atoms with Crippen molar-refractivity contribution in [1.29, 1.82) is 0 Å². The molecule has 0 amide bonds. The molecule has 0 aliphatic heterocycles. The van der Waals surface area contributed by atoms with Gasteiger partial charge in [-0.25, -0.2) is 0 Å². The van der Waals surface area contributed by atoms with Crippen LogP contribution in [0.2, 0.25) is 0 Å². The van der Waals surface area contributed by atoms with Crippen LogP contribution in [0, 0.1) is 0 Å². The zero-order valence-electron chi connectivity index (χ0n) is 21.2. The van der Waals surface area contributed by atoms with E-state index in [2.05, 4.69) is 144 Å². The third kappa shape index (κ3) is 2.96. The first-order valence-electron chi connectivity index (χ1n) is 13.5. The molecule has 1 aromatic heterocycles. The van der Waals surface area contributed by atoms with Crippen LogP contribution in [0.25, 0.3) is 82.4 Å². The topological polar surface area (TPSA) is 4.93 Å². The summed E-state index contributed by atoms with van der Waals surface area (Å²) in [7, 11) is 0. The zero-order valence-corrected chi connectivity index (χ0v) is 21.2. The van der Waals surface area contributed by atoms with Gasteiger partial charge in [0.15, 0.2) is 0 Å². The predicted octanol–water partition coefficient (Wildman–Crippen LogP) is 10.4. The summed E-state index contributed by atoms with van der Waals surface area (Å²) in [6.07, 6.45) is 0. The van der Waals surface area contributed by atoms with Crippen molar-refractivity contribution in [3.63, 3.8) is 0 Å². The van der Waals surface area contributed by atoms with Gasteiger partial charge in [-0.15, -0.1) is 0 Å². The smallest absolute Gasteiger partial charge is 0.0541 e. The highest BCUT2D eigenvalue weighted by molar-refractivity contribution is 6.13. The number of fused-ring (bicyclic) bond motifs is 9. The Balaban J connectivity index is 1.20. The van der Waals surface area contributed by atoms with Crippen molar-refractivity contribution in [3.8, 4) is 39.1 Å². The summed E-state index contributed by atoms with van der Waals surface area (Å²) in [5.41, 5.74) is 11.6. The van der Waals surface area contributed by atoms with Gasteiger partial charge in [0.05, 0.1) is 11.0 Å². The van der Waals surface area contributed by atoms with E-state index in [-0.39, 0.29) is 0 Å².